The minimum Gasteiger partial charge on any atom is -0.493 e. The molecule has 0 saturated heterocycles. The molecule has 3 rings (SSSR count). The summed E-state index contributed by atoms with van der Waals surface area (Å²) >= 11 is 0. The first-order valence-electron chi connectivity index (χ1n) is 27.0. The van der Waals surface area contributed by atoms with Crippen LogP contribution in [0.5, 0.6) is 0 Å². The molecule has 1 aliphatic heterocycles. The molecule has 0 amide bonds. The molecule has 65 heavy (non-hydrogen) atoms. The fourth-order valence-electron chi connectivity index (χ4n) is 8.55. The van der Waals surface area contributed by atoms with Gasteiger partial charge in [-0.3, -0.25) is 0 Å². The third kappa shape index (κ3) is 24.6. The van der Waals surface area contributed by atoms with Gasteiger partial charge < -0.3 is 19.4 Å². The summed E-state index contributed by atoms with van der Waals surface area (Å²) in [4.78, 5) is 0. The van der Waals surface area contributed by atoms with Crippen LogP contribution in [0.25, 0.3) is 16.9 Å². The molecule has 0 aromatic heterocycles. The summed E-state index contributed by atoms with van der Waals surface area (Å²) in [5.41, 5.74) is 25.0. The van der Waals surface area contributed by atoms with Crippen LogP contribution in [0.15, 0.2) is 71.8 Å². The predicted octanol–water partition coefficient (Wildman–Crippen LogP) is 20.1. The third-order valence-electron chi connectivity index (χ3n) is 12.3. The van der Waals surface area contributed by atoms with Crippen molar-refractivity contribution in [2.75, 3.05) is 0 Å². The fraction of sp³-hybridized carbons (Fsp3) is 0.613. The largest absolute Gasteiger partial charge is 2.00 e. The number of nitrogens with zero attached hydrogens (tertiary/aromatic N) is 2. The number of hydrogen-bond donors (Lipinski definition) is 0. The summed E-state index contributed by atoms with van der Waals surface area (Å²) in [6, 6.07) is 14.3. The minimum atomic E-state index is 0. The van der Waals surface area contributed by atoms with Gasteiger partial charge in [-0.15, -0.1) is 0 Å². The Hall–Kier alpha value is -2.95. The molecule has 0 fully saturated rings. The summed E-state index contributed by atoms with van der Waals surface area (Å²) in [5, 5.41) is 0. The second kappa shape index (κ2) is 42.4. The first-order chi connectivity index (χ1) is 31.5. The molecule has 2 nitrogen and oxygen atoms in total. The zero-order valence-electron chi connectivity index (χ0n) is 43.6. The van der Waals surface area contributed by atoms with Gasteiger partial charge in [0, 0.05) is 17.6 Å². The van der Waals surface area contributed by atoms with E-state index in [4.69, 9.17) is 0 Å². The number of allylic oxidation sites excluding steroid dienone is 6. The quantitative estimate of drug-likeness (QED) is 0.0170. The number of aryl methyl sites for hydroxylation is 4. The van der Waals surface area contributed by atoms with Crippen molar-refractivity contribution in [3.05, 3.63) is 125 Å². The molecule has 0 spiro atoms. The Labute approximate surface area is 414 Å². The van der Waals surface area contributed by atoms with Crippen LogP contribution in [-0.4, -0.2) is 4.70 Å². The van der Waals surface area contributed by atoms with E-state index >= 15 is 0 Å². The molecule has 0 aliphatic carbocycles. The van der Waals surface area contributed by atoms with Gasteiger partial charge in [-0.2, -0.15) is 13.8 Å². The van der Waals surface area contributed by atoms with Crippen molar-refractivity contribution in [1.29, 1.82) is 0 Å². The van der Waals surface area contributed by atoms with Crippen molar-refractivity contribution in [3.63, 3.8) is 0 Å². The van der Waals surface area contributed by atoms with Gasteiger partial charge in [-0.05, 0) is 131 Å². The topological polar surface area (TPSA) is 25.3 Å². The molecule has 3 heteroatoms. The summed E-state index contributed by atoms with van der Waals surface area (Å²) in [7, 11) is 0. The standard InChI is InChI=1S/C58H88N2.2C2H5.Ni/c1-7-13-19-23-26-28-30-33-39-51-45-43-49(37-17-11-5)47-55(51)57-53(41-35-22-16-10-4)54(42-36-32-25-21-15-9-3)58(60(57)59)56-48-50(38-18-12-6)44-46-52(56)40-34-31-29-27-24-20-14-8-2;2*1-2;/h28-31,43-48H,7-27,32-35,37-41H2,1-6H3;2*1H2,2H3;/q;2*-1;+2. The van der Waals surface area contributed by atoms with Crippen LogP contribution in [0.1, 0.15) is 256 Å². The average molecular weight is 930 g/mol. The summed E-state index contributed by atoms with van der Waals surface area (Å²) in [5.74, 6) is 7.49. The number of unbranched alkanes of at least 4 members (excludes halogenated alkanes) is 17. The van der Waals surface area contributed by atoms with E-state index in [0.29, 0.717) is 0 Å². The van der Waals surface area contributed by atoms with E-state index in [9.17, 15) is 5.53 Å². The molecule has 2 aromatic carbocycles. The van der Waals surface area contributed by atoms with Crippen LogP contribution < -0.4 is 0 Å². The second-order valence-electron chi connectivity index (χ2n) is 17.7. The number of benzene rings is 2. The fourth-order valence-corrected chi connectivity index (χ4v) is 8.55. The van der Waals surface area contributed by atoms with E-state index in [1.54, 1.807) is 18.5 Å². The normalized spacial score (nSPS) is 12.3. The molecule has 0 bridgehead atoms. The Bertz CT molecular complexity index is 1710. The zero-order chi connectivity index (χ0) is 47.0. The van der Waals surface area contributed by atoms with Crippen LogP contribution in [-0.2, 0) is 42.2 Å². The van der Waals surface area contributed by atoms with Gasteiger partial charge in [0.15, 0.2) is 0 Å². The Balaban J connectivity index is 0.00000796. The van der Waals surface area contributed by atoms with E-state index in [-0.39, 0.29) is 16.5 Å². The van der Waals surface area contributed by atoms with E-state index in [1.807, 2.05) is 0 Å². The van der Waals surface area contributed by atoms with Crippen molar-refractivity contribution in [2.24, 2.45) is 0 Å². The Morgan fingerprint density at radius 1 is 0.462 bits per heavy atom. The Kier molecular flexibility index (Phi) is 40.5. The average Bonchev–Trinajstić information content (AvgIpc) is 3.60. The summed E-state index contributed by atoms with van der Waals surface area (Å²) in [6.07, 6.45) is 44.5. The van der Waals surface area contributed by atoms with Gasteiger partial charge in [0.05, 0.1) is 5.56 Å². The van der Waals surface area contributed by atoms with Crippen LogP contribution in [0.4, 0.5) is 0 Å². The molecule has 0 unspecified atom stereocenters. The molecule has 366 valence electrons. The van der Waals surface area contributed by atoms with E-state index in [2.05, 4.69) is 128 Å². The van der Waals surface area contributed by atoms with Crippen molar-refractivity contribution in [3.8, 4) is 11.8 Å². The van der Waals surface area contributed by atoms with E-state index in [0.717, 1.165) is 81.2 Å². The monoisotopic (exact) mass is 929 g/mol. The second-order valence-corrected chi connectivity index (χ2v) is 17.7. The summed E-state index contributed by atoms with van der Waals surface area (Å²) < 4.78 is 1.63. The van der Waals surface area contributed by atoms with Crippen LogP contribution in [0.3, 0.4) is 0 Å². The third-order valence-corrected chi connectivity index (χ3v) is 12.3. The maximum Gasteiger partial charge on any atom is 2.00 e. The molecule has 1 heterocycles. The SMILES string of the molecule is CCCCCCC#CC1=C(c2cc(CCCC)ccc2CCC=CCCCCCC)[N+](=[N-])C(c2cc(CCCC)ccc2CCC=CCCCCCC)=C1CCCCCC.[CH2-]C.[CH2-]C.[Ni+2]. The molecule has 0 radical (unpaired) electrons. The first kappa shape index (κ1) is 62.1. The van der Waals surface area contributed by atoms with E-state index in [1.165, 1.54) is 167 Å². The molecule has 0 saturated carbocycles. The van der Waals surface area contributed by atoms with Crippen LogP contribution >= 0.6 is 0 Å². The van der Waals surface area contributed by atoms with E-state index < -0.39 is 0 Å². The van der Waals surface area contributed by atoms with Gasteiger partial charge in [-0.1, -0.05) is 192 Å². The first-order valence-corrected chi connectivity index (χ1v) is 27.0. The van der Waals surface area contributed by atoms with Crippen molar-refractivity contribution in [1.82, 2.24) is 0 Å². The van der Waals surface area contributed by atoms with Gasteiger partial charge in [0.2, 0.25) is 11.4 Å². The van der Waals surface area contributed by atoms with Crippen molar-refractivity contribution in [2.45, 2.75) is 248 Å². The minimum absolute atomic E-state index is 0. The Morgan fingerprint density at radius 2 is 0.877 bits per heavy atom. The molecular formula is C62H98N2Ni. The Morgan fingerprint density at radius 3 is 1.34 bits per heavy atom. The van der Waals surface area contributed by atoms with Crippen molar-refractivity contribution < 1.29 is 21.2 Å². The van der Waals surface area contributed by atoms with Gasteiger partial charge in [0.1, 0.15) is 5.57 Å². The summed E-state index contributed by atoms with van der Waals surface area (Å²) in [6.45, 7) is 23.7. The van der Waals surface area contributed by atoms with Crippen LogP contribution in [0.2, 0.25) is 0 Å². The number of rotatable bonds is 33. The van der Waals surface area contributed by atoms with Gasteiger partial charge in [-0.25, -0.2) is 4.70 Å². The van der Waals surface area contributed by atoms with Crippen molar-refractivity contribution >= 4 is 11.4 Å². The smallest absolute Gasteiger partial charge is 0.493 e. The van der Waals surface area contributed by atoms with Gasteiger partial charge >= 0.3 is 16.5 Å². The molecule has 0 atom stereocenters. The molecular weight excluding hydrogens is 831 g/mol. The van der Waals surface area contributed by atoms with Crippen LogP contribution in [0, 0.1) is 25.7 Å². The number of hydrogen-bond acceptors (Lipinski definition) is 0. The molecule has 0 N–H and O–H groups in total. The maximum atomic E-state index is 13.0. The predicted molar refractivity (Wildman–Crippen MR) is 287 cm³/mol. The van der Waals surface area contributed by atoms with Gasteiger partial charge in [0.25, 0.3) is 0 Å². The maximum absolute atomic E-state index is 13.0. The molecule has 1 aliphatic rings. The zero-order valence-corrected chi connectivity index (χ0v) is 44.6. The molecule has 2 aromatic rings.